The molecule has 20 heavy (non-hydrogen) atoms. The van der Waals surface area contributed by atoms with Crippen molar-refractivity contribution >= 4 is 17.4 Å². The van der Waals surface area contributed by atoms with Crippen molar-refractivity contribution in [1.29, 1.82) is 0 Å². The van der Waals surface area contributed by atoms with E-state index in [1.807, 2.05) is 39.8 Å². The summed E-state index contributed by atoms with van der Waals surface area (Å²) in [5.74, 6) is -0.124. The number of carbonyl (C=O) groups excluding carboxylic acids is 1. The van der Waals surface area contributed by atoms with Crippen LogP contribution in [0.2, 0.25) is 5.02 Å². The van der Waals surface area contributed by atoms with Gasteiger partial charge in [0.15, 0.2) is 0 Å². The molecule has 1 aromatic heterocycles. The first-order valence-corrected chi connectivity index (χ1v) is 6.99. The lowest BCUT2D eigenvalue weighted by atomic mass is 9.85. The Balaban J connectivity index is 3.05. The smallest absolute Gasteiger partial charge is 0.211 e. The topological polar surface area (TPSA) is 47.4 Å². The van der Waals surface area contributed by atoms with E-state index in [1.54, 1.807) is 11.8 Å². The van der Waals surface area contributed by atoms with Gasteiger partial charge < -0.3 is 9.64 Å². The molecule has 6 heteroatoms. The minimum atomic E-state index is -0.546. The van der Waals surface area contributed by atoms with E-state index in [1.165, 1.54) is 6.20 Å². The second-order valence-electron chi connectivity index (χ2n) is 6.21. The zero-order valence-electron chi connectivity index (χ0n) is 13.1. The summed E-state index contributed by atoms with van der Waals surface area (Å²) in [4.78, 5) is 14.7. The molecule has 1 unspecified atom stereocenters. The Bertz CT molecular complexity index is 463. The molecule has 0 aliphatic carbocycles. The van der Waals surface area contributed by atoms with Crippen molar-refractivity contribution in [3.05, 3.63) is 16.9 Å². The standard InChI is InChI=1S/C14H24ClN3O2/c1-14(2,3)13(20-6)12(19)11-10(15)9-16-18(11)8-7-17(4)5/h9,13H,7-8H2,1-6H3. The molecule has 1 aromatic rings. The molecule has 5 nitrogen and oxygen atoms in total. The molecule has 0 saturated heterocycles. The van der Waals surface area contributed by atoms with Crippen molar-refractivity contribution in [3.8, 4) is 0 Å². The molecule has 0 bridgehead atoms. The van der Waals surface area contributed by atoms with E-state index in [0.717, 1.165) is 6.54 Å². The van der Waals surface area contributed by atoms with Gasteiger partial charge in [-0.2, -0.15) is 5.10 Å². The van der Waals surface area contributed by atoms with Gasteiger partial charge in [0.25, 0.3) is 0 Å². The molecule has 1 atom stereocenters. The Kier molecular flexibility index (Phi) is 5.74. The maximum atomic E-state index is 12.7. The SMILES string of the molecule is COC(C(=O)c1c(Cl)cnn1CCN(C)C)C(C)(C)C. The van der Waals surface area contributed by atoms with Crippen molar-refractivity contribution in [2.24, 2.45) is 5.41 Å². The number of ether oxygens (including phenoxy) is 1. The predicted octanol–water partition coefficient (Wildman–Crippen LogP) is 2.34. The van der Waals surface area contributed by atoms with Crippen LogP contribution in [0.15, 0.2) is 6.20 Å². The monoisotopic (exact) mass is 301 g/mol. The van der Waals surface area contributed by atoms with Gasteiger partial charge in [-0.05, 0) is 19.5 Å². The number of aromatic nitrogens is 2. The minimum absolute atomic E-state index is 0.124. The van der Waals surface area contributed by atoms with Gasteiger partial charge in [0.2, 0.25) is 5.78 Å². The van der Waals surface area contributed by atoms with Crippen molar-refractivity contribution in [2.75, 3.05) is 27.7 Å². The van der Waals surface area contributed by atoms with E-state index < -0.39 is 6.10 Å². The number of nitrogens with zero attached hydrogens (tertiary/aromatic N) is 3. The Labute approximate surface area is 125 Å². The molecule has 0 saturated carbocycles. The Morgan fingerprint density at radius 3 is 2.55 bits per heavy atom. The second kappa shape index (κ2) is 6.70. The van der Waals surface area contributed by atoms with Crippen LogP contribution in [-0.2, 0) is 11.3 Å². The number of hydrogen-bond acceptors (Lipinski definition) is 4. The number of methoxy groups -OCH3 is 1. The first-order valence-electron chi connectivity index (χ1n) is 6.61. The quantitative estimate of drug-likeness (QED) is 0.757. The van der Waals surface area contributed by atoms with Crippen LogP contribution in [0, 0.1) is 5.41 Å². The fourth-order valence-electron chi connectivity index (χ4n) is 2.05. The van der Waals surface area contributed by atoms with Crippen LogP contribution in [0.4, 0.5) is 0 Å². The van der Waals surface area contributed by atoms with E-state index in [0.29, 0.717) is 17.3 Å². The summed E-state index contributed by atoms with van der Waals surface area (Å²) in [5, 5.41) is 4.56. The number of rotatable bonds is 6. The Morgan fingerprint density at radius 2 is 2.10 bits per heavy atom. The van der Waals surface area contributed by atoms with Gasteiger partial charge in [-0.25, -0.2) is 0 Å². The number of halogens is 1. The van der Waals surface area contributed by atoms with Crippen LogP contribution < -0.4 is 0 Å². The zero-order valence-corrected chi connectivity index (χ0v) is 13.9. The highest BCUT2D eigenvalue weighted by molar-refractivity contribution is 6.33. The highest BCUT2D eigenvalue weighted by Crippen LogP contribution is 2.27. The summed E-state index contributed by atoms with van der Waals surface area (Å²) in [7, 11) is 5.49. The number of likely N-dealkylation sites (N-methyl/N-ethyl adjacent to an activating group) is 1. The van der Waals surface area contributed by atoms with Gasteiger partial charge in [-0.3, -0.25) is 9.48 Å². The van der Waals surface area contributed by atoms with Crippen LogP contribution in [0.5, 0.6) is 0 Å². The lowest BCUT2D eigenvalue weighted by Gasteiger charge is -2.28. The van der Waals surface area contributed by atoms with Gasteiger partial charge in [0, 0.05) is 13.7 Å². The third-order valence-corrected chi connectivity index (χ3v) is 3.32. The van der Waals surface area contributed by atoms with Gasteiger partial charge in [-0.15, -0.1) is 0 Å². The third kappa shape index (κ3) is 4.04. The number of hydrogen-bond donors (Lipinski definition) is 0. The first kappa shape index (κ1) is 17.1. The Morgan fingerprint density at radius 1 is 1.50 bits per heavy atom. The zero-order chi connectivity index (χ0) is 15.5. The van der Waals surface area contributed by atoms with Crippen LogP contribution in [0.3, 0.4) is 0 Å². The first-order chi connectivity index (χ1) is 9.18. The molecule has 0 aliphatic rings. The van der Waals surface area contributed by atoms with Crippen molar-refractivity contribution in [3.63, 3.8) is 0 Å². The van der Waals surface area contributed by atoms with Gasteiger partial charge in [-0.1, -0.05) is 32.4 Å². The van der Waals surface area contributed by atoms with E-state index >= 15 is 0 Å². The van der Waals surface area contributed by atoms with E-state index in [4.69, 9.17) is 16.3 Å². The van der Waals surface area contributed by atoms with E-state index in [2.05, 4.69) is 5.10 Å². The summed E-state index contributed by atoms with van der Waals surface area (Å²) in [6, 6.07) is 0. The molecule has 114 valence electrons. The lowest BCUT2D eigenvalue weighted by Crippen LogP contribution is -2.37. The molecule has 0 aliphatic heterocycles. The van der Waals surface area contributed by atoms with Crippen LogP contribution in [0.25, 0.3) is 0 Å². The average Bonchev–Trinajstić information content (AvgIpc) is 2.66. The third-order valence-electron chi connectivity index (χ3n) is 3.05. The van der Waals surface area contributed by atoms with Gasteiger partial charge in [0.05, 0.1) is 17.8 Å². The summed E-state index contributed by atoms with van der Waals surface area (Å²) in [6.07, 6.45) is 0.967. The maximum absolute atomic E-state index is 12.7. The highest BCUT2D eigenvalue weighted by Gasteiger charge is 2.35. The predicted molar refractivity (Wildman–Crippen MR) is 80.4 cm³/mol. The Hall–Kier alpha value is -0.910. The molecule has 1 rings (SSSR count). The van der Waals surface area contributed by atoms with Crippen molar-refractivity contribution in [2.45, 2.75) is 33.4 Å². The van der Waals surface area contributed by atoms with Crippen LogP contribution in [0.1, 0.15) is 31.3 Å². The fraction of sp³-hybridized carbons (Fsp3) is 0.714. The summed E-state index contributed by atoms with van der Waals surface area (Å²) in [6.45, 7) is 7.29. The lowest BCUT2D eigenvalue weighted by molar-refractivity contribution is 0.0187. The molecule has 1 heterocycles. The van der Waals surface area contributed by atoms with Gasteiger partial charge >= 0.3 is 0 Å². The largest absolute Gasteiger partial charge is 0.373 e. The molecule has 0 radical (unpaired) electrons. The number of Topliss-reactive ketones (excluding diaryl/α,β-unsaturated/α-hetero) is 1. The van der Waals surface area contributed by atoms with Crippen molar-refractivity contribution in [1.82, 2.24) is 14.7 Å². The van der Waals surface area contributed by atoms with Crippen molar-refractivity contribution < 1.29 is 9.53 Å². The molecule has 0 N–H and O–H groups in total. The maximum Gasteiger partial charge on any atom is 0.211 e. The number of carbonyl (C=O) groups is 1. The van der Waals surface area contributed by atoms with Gasteiger partial charge in [0.1, 0.15) is 11.8 Å². The molecular formula is C14H24ClN3O2. The van der Waals surface area contributed by atoms with Crippen LogP contribution >= 0.6 is 11.6 Å². The molecule has 0 spiro atoms. The molecule has 0 aromatic carbocycles. The van der Waals surface area contributed by atoms with E-state index in [-0.39, 0.29) is 11.2 Å². The fourth-order valence-corrected chi connectivity index (χ4v) is 2.28. The minimum Gasteiger partial charge on any atom is -0.373 e. The summed E-state index contributed by atoms with van der Waals surface area (Å²) in [5.41, 5.74) is 0.126. The average molecular weight is 302 g/mol. The highest BCUT2D eigenvalue weighted by atomic mass is 35.5. The summed E-state index contributed by atoms with van der Waals surface area (Å²) >= 11 is 6.13. The van der Waals surface area contributed by atoms with Crippen LogP contribution in [-0.4, -0.2) is 54.3 Å². The molecule has 0 amide bonds. The second-order valence-corrected chi connectivity index (χ2v) is 6.62. The molecule has 0 fully saturated rings. The normalized spacial score (nSPS) is 13.8. The number of ketones is 1. The summed E-state index contributed by atoms with van der Waals surface area (Å²) < 4.78 is 7.03. The molecular weight excluding hydrogens is 278 g/mol. The van der Waals surface area contributed by atoms with E-state index in [9.17, 15) is 4.79 Å².